The largest absolute Gasteiger partial charge is 0.465 e. The number of hydrogen-bond acceptors (Lipinski definition) is 5. The minimum absolute atomic E-state index is 0.0924. The Morgan fingerprint density at radius 3 is 2.04 bits per heavy atom. The molecule has 6 nitrogen and oxygen atoms in total. The Balaban J connectivity index is 2.43. The first-order chi connectivity index (χ1) is 12.9. The van der Waals surface area contributed by atoms with Crippen LogP contribution in [0.4, 0.5) is 0 Å². The van der Waals surface area contributed by atoms with Crippen molar-refractivity contribution < 1.29 is 23.9 Å². The van der Waals surface area contributed by atoms with Gasteiger partial charge in [-0.2, -0.15) is 0 Å². The molecule has 0 bridgehead atoms. The van der Waals surface area contributed by atoms with Gasteiger partial charge in [0.25, 0.3) is 0 Å². The van der Waals surface area contributed by atoms with Gasteiger partial charge in [-0.1, -0.05) is 29.3 Å². The third-order valence-corrected chi connectivity index (χ3v) is 4.56. The highest BCUT2D eigenvalue weighted by molar-refractivity contribution is 6.31. The molecule has 8 heteroatoms. The molecule has 0 aliphatic rings. The summed E-state index contributed by atoms with van der Waals surface area (Å²) in [6, 6.07) is 10.8. The average molecular weight is 406 g/mol. The van der Waals surface area contributed by atoms with Crippen LogP contribution < -0.4 is 0 Å². The van der Waals surface area contributed by atoms with Crippen molar-refractivity contribution in [3.8, 4) is 0 Å². The number of halogens is 2. The number of ketones is 1. The van der Waals surface area contributed by atoms with Crippen LogP contribution in [-0.2, 0) is 9.47 Å². The van der Waals surface area contributed by atoms with Crippen LogP contribution in [0.1, 0.15) is 36.8 Å². The molecule has 0 amide bonds. The van der Waals surface area contributed by atoms with Crippen molar-refractivity contribution in [2.45, 2.75) is 0 Å². The first kappa shape index (κ1) is 18.9. The molecule has 1 aromatic carbocycles. The second-order valence-corrected chi connectivity index (χ2v) is 6.31. The van der Waals surface area contributed by atoms with Crippen molar-refractivity contribution in [1.29, 1.82) is 0 Å². The van der Waals surface area contributed by atoms with Crippen LogP contribution in [-0.4, -0.2) is 36.3 Å². The molecule has 0 saturated carbocycles. The average Bonchev–Trinajstić information content (AvgIpc) is 3.03. The van der Waals surface area contributed by atoms with Gasteiger partial charge in [-0.15, -0.1) is 0 Å². The minimum Gasteiger partial charge on any atom is -0.465 e. The summed E-state index contributed by atoms with van der Waals surface area (Å²) in [5, 5.41) is 0.596. The van der Waals surface area contributed by atoms with Crippen LogP contribution in [0.15, 0.2) is 42.5 Å². The molecule has 0 atom stereocenters. The number of carbonyl (C=O) groups excluding carboxylic acids is 3. The highest BCUT2D eigenvalue weighted by Crippen LogP contribution is 2.30. The first-order valence-corrected chi connectivity index (χ1v) is 8.46. The maximum Gasteiger partial charge on any atom is 0.341 e. The van der Waals surface area contributed by atoms with E-state index in [-0.39, 0.29) is 33.1 Å². The predicted molar refractivity (Wildman–Crippen MR) is 100.0 cm³/mol. The molecule has 0 saturated heterocycles. The van der Waals surface area contributed by atoms with Crippen molar-refractivity contribution >= 4 is 46.4 Å². The Kier molecular flexibility index (Phi) is 5.21. The van der Waals surface area contributed by atoms with Crippen LogP contribution in [0.25, 0.3) is 5.52 Å². The van der Waals surface area contributed by atoms with Crippen LogP contribution in [0.2, 0.25) is 10.2 Å². The lowest BCUT2D eigenvalue weighted by atomic mass is 10.0. The predicted octanol–water partition coefficient (Wildman–Crippen LogP) is 4.05. The summed E-state index contributed by atoms with van der Waals surface area (Å²) in [6.45, 7) is 0. The van der Waals surface area contributed by atoms with Gasteiger partial charge in [-0.3, -0.25) is 9.20 Å². The first-order valence-electron chi connectivity index (χ1n) is 7.70. The van der Waals surface area contributed by atoms with E-state index in [0.717, 1.165) is 7.11 Å². The zero-order valence-corrected chi connectivity index (χ0v) is 15.8. The smallest absolute Gasteiger partial charge is 0.341 e. The zero-order valence-electron chi connectivity index (χ0n) is 14.3. The van der Waals surface area contributed by atoms with E-state index in [2.05, 4.69) is 0 Å². The van der Waals surface area contributed by atoms with Crippen molar-refractivity contribution in [2.75, 3.05) is 14.2 Å². The van der Waals surface area contributed by atoms with E-state index in [0.29, 0.717) is 5.02 Å². The van der Waals surface area contributed by atoms with Crippen LogP contribution in [0, 0.1) is 0 Å². The lowest BCUT2D eigenvalue weighted by molar-refractivity contribution is 0.0556. The Morgan fingerprint density at radius 1 is 0.852 bits per heavy atom. The number of rotatable bonds is 4. The maximum absolute atomic E-state index is 13.2. The number of pyridine rings is 1. The van der Waals surface area contributed by atoms with Crippen LogP contribution in [0.3, 0.4) is 0 Å². The normalized spacial score (nSPS) is 10.7. The minimum atomic E-state index is -0.854. The molecule has 3 rings (SSSR count). The molecule has 2 aromatic heterocycles. The molecule has 0 radical (unpaired) electrons. The van der Waals surface area contributed by atoms with Gasteiger partial charge in [0.2, 0.25) is 5.78 Å². The summed E-state index contributed by atoms with van der Waals surface area (Å²) in [6.07, 6.45) is 0. The Morgan fingerprint density at radius 2 is 1.44 bits per heavy atom. The summed E-state index contributed by atoms with van der Waals surface area (Å²) in [5.41, 5.74) is 0.124. The van der Waals surface area contributed by atoms with Gasteiger partial charge in [0.1, 0.15) is 22.0 Å². The van der Waals surface area contributed by atoms with Gasteiger partial charge >= 0.3 is 11.9 Å². The van der Waals surface area contributed by atoms with Gasteiger partial charge in [-0.05, 0) is 36.4 Å². The number of nitrogens with zero attached hydrogens (tertiary/aromatic N) is 1. The quantitative estimate of drug-likeness (QED) is 0.371. The molecule has 0 N–H and O–H groups in total. The van der Waals surface area contributed by atoms with Crippen LogP contribution in [0.5, 0.6) is 0 Å². The SMILES string of the molecule is COC(=O)c1c(C(=O)OC)c2cccc(Cl)n2c1C(=O)c1ccc(Cl)cc1. The molecule has 0 spiro atoms. The summed E-state index contributed by atoms with van der Waals surface area (Å²) >= 11 is 12.2. The number of esters is 2. The van der Waals surface area contributed by atoms with E-state index in [1.165, 1.54) is 29.7 Å². The van der Waals surface area contributed by atoms with E-state index < -0.39 is 17.7 Å². The summed E-state index contributed by atoms with van der Waals surface area (Å²) < 4.78 is 10.9. The molecule has 3 aromatic rings. The molecule has 27 heavy (non-hydrogen) atoms. The standard InChI is InChI=1S/C19H13Cl2NO5/c1-26-18(24)14-12-4-3-5-13(21)22(12)16(15(14)19(25)27-2)17(23)10-6-8-11(20)9-7-10/h3-9H,1-2H3. The number of carbonyl (C=O) groups is 3. The van der Waals surface area contributed by atoms with E-state index >= 15 is 0 Å². The summed E-state index contributed by atoms with van der Waals surface area (Å²) in [4.78, 5) is 38.1. The number of hydrogen-bond donors (Lipinski definition) is 0. The van der Waals surface area contributed by atoms with Crippen molar-refractivity contribution in [3.63, 3.8) is 0 Å². The fourth-order valence-corrected chi connectivity index (χ4v) is 3.20. The maximum atomic E-state index is 13.2. The number of ether oxygens (including phenoxy) is 2. The number of aromatic nitrogens is 1. The van der Waals surface area contributed by atoms with Gasteiger partial charge < -0.3 is 9.47 Å². The van der Waals surface area contributed by atoms with Crippen molar-refractivity contribution in [3.05, 3.63) is 75.0 Å². The third kappa shape index (κ3) is 3.18. The Bertz CT molecular complexity index is 1070. The van der Waals surface area contributed by atoms with Crippen molar-refractivity contribution in [1.82, 2.24) is 4.40 Å². The van der Waals surface area contributed by atoms with Gasteiger partial charge in [-0.25, -0.2) is 9.59 Å². The molecular formula is C19H13Cl2NO5. The summed E-state index contributed by atoms with van der Waals surface area (Å²) in [5.74, 6) is -2.16. The van der Waals surface area contributed by atoms with Crippen LogP contribution >= 0.6 is 23.2 Å². The van der Waals surface area contributed by atoms with Gasteiger partial charge in [0, 0.05) is 10.6 Å². The van der Waals surface area contributed by atoms with E-state index in [9.17, 15) is 14.4 Å². The molecular weight excluding hydrogens is 393 g/mol. The molecule has 2 heterocycles. The van der Waals surface area contributed by atoms with Gasteiger partial charge in [0.05, 0.1) is 19.7 Å². The fraction of sp³-hybridized carbons (Fsp3) is 0.105. The second kappa shape index (κ2) is 7.42. The molecule has 138 valence electrons. The molecule has 0 fully saturated rings. The van der Waals surface area contributed by atoms with Crippen molar-refractivity contribution in [2.24, 2.45) is 0 Å². The fourth-order valence-electron chi connectivity index (χ4n) is 2.83. The highest BCUT2D eigenvalue weighted by Gasteiger charge is 2.33. The Labute approximate surface area is 164 Å². The topological polar surface area (TPSA) is 74.1 Å². The Hall–Kier alpha value is -2.83. The second-order valence-electron chi connectivity index (χ2n) is 5.49. The number of methoxy groups -OCH3 is 2. The monoisotopic (exact) mass is 405 g/mol. The molecule has 0 unspecified atom stereocenters. The molecule has 0 aliphatic carbocycles. The number of fused-ring (bicyclic) bond motifs is 1. The van der Waals surface area contributed by atoms with E-state index in [1.807, 2.05) is 0 Å². The lowest BCUT2D eigenvalue weighted by Crippen LogP contribution is -2.15. The number of benzene rings is 1. The van der Waals surface area contributed by atoms with E-state index in [4.69, 9.17) is 32.7 Å². The molecule has 0 aliphatic heterocycles. The lowest BCUT2D eigenvalue weighted by Gasteiger charge is -2.07. The van der Waals surface area contributed by atoms with Gasteiger partial charge in [0.15, 0.2) is 0 Å². The highest BCUT2D eigenvalue weighted by atomic mass is 35.5. The zero-order chi connectivity index (χ0) is 19.7. The summed E-state index contributed by atoms with van der Waals surface area (Å²) in [7, 11) is 2.34. The van der Waals surface area contributed by atoms with E-state index in [1.54, 1.807) is 24.3 Å². The third-order valence-electron chi connectivity index (χ3n) is 4.01.